The Labute approximate surface area is 130 Å². The number of benzene rings is 1. The van der Waals surface area contributed by atoms with Gasteiger partial charge in [0.05, 0.1) is 25.3 Å². The van der Waals surface area contributed by atoms with Gasteiger partial charge in [-0.05, 0) is 35.2 Å². The number of anilines is 2. The van der Waals surface area contributed by atoms with E-state index in [9.17, 15) is 0 Å². The van der Waals surface area contributed by atoms with E-state index in [1.54, 1.807) is 20.3 Å². The summed E-state index contributed by atoms with van der Waals surface area (Å²) in [6.45, 7) is 0. The first kappa shape index (κ1) is 13.9. The lowest BCUT2D eigenvalue weighted by atomic mass is 10.2. The Hall–Kier alpha value is -2.05. The minimum absolute atomic E-state index is 0.208. The van der Waals surface area contributed by atoms with E-state index in [0.29, 0.717) is 11.6 Å². The van der Waals surface area contributed by atoms with E-state index < -0.39 is 0 Å². The summed E-state index contributed by atoms with van der Waals surface area (Å²) in [5, 5.41) is 6.31. The standard InChI is InChI=1S/C14H12ClN3O2S/c1-19-8-3-4-10(11(7-8)20-2)16-12-9-5-6-21-13(9)18-14(15)17-12/h3-7H,1-2H3,(H,16,17,18). The molecule has 0 atom stereocenters. The van der Waals surface area contributed by atoms with Crippen LogP contribution in [0.4, 0.5) is 11.5 Å². The van der Waals surface area contributed by atoms with Gasteiger partial charge in [-0.3, -0.25) is 0 Å². The van der Waals surface area contributed by atoms with Gasteiger partial charge in [-0.2, -0.15) is 4.98 Å². The number of halogens is 1. The highest BCUT2D eigenvalue weighted by Gasteiger charge is 2.11. The molecule has 2 heterocycles. The fourth-order valence-corrected chi connectivity index (χ4v) is 2.94. The van der Waals surface area contributed by atoms with Crippen molar-refractivity contribution in [3.63, 3.8) is 0 Å². The molecular formula is C14H12ClN3O2S. The van der Waals surface area contributed by atoms with Gasteiger partial charge < -0.3 is 14.8 Å². The topological polar surface area (TPSA) is 56.3 Å². The Morgan fingerprint density at radius 1 is 1.14 bits per heavy atom. The van der Waals surface area contributed by atoms with Crippen LogP contribution in [0.25, 0.3) is 10.2 Å². The zero-order valence-electron chi connectivity index (χ0n) is 11.4. The number of hydrogen-bond donors (Lipinski definition) is 1. The van der Waals surface area contributed by atoms with Crippen molar-refractivity contribution in [2.24, 2.45) is 0 Å². The van der Waals surface area contributed by atoms with Gasteiger partial charge in [0.15, 0.2) is 0 Å². The molecule has 0 saturated heterocycles. The van der Waals surface area contributed by atoms with Crippen LogP contribution in [-0.2, 0) is 0 Å². The summed E-state index contributed by atoms with van der Waals surface area (Å²) < 4.78 is 10.6. The number of nitrogens with zero attached hydrogens (tertiary/aromatic N) is 2. The summed E-state index contributed by atoms with van der Waals surface area (Å²) in [5.41, 5.74) is 0.778. The maximum Gasteiger partial charge on any atom is 0.225 e. The summed E-state index contributed by atoms with van der Waals surface area (Å²) in [7, 11) is 3.22. The first-order chi connectivity index (χ1) is 10.2. The molecule has 0 saturated carbocycles. The van der Waals surface area contributed by atoms with Crippen LogP contribution in [0.15, 0.2) is 29.6 Å². The van der Waals surface area contributed by atoms with Gasteiger partial charge in [-0.15, -0.1) is 11.3 Å². The molecule has 5 nitrogen and oxygen atoms in total. The highest BCUT2D eigenvalue weighted by atomic mass is 35.5. The number of hydrogen-bond acceptors (Lipinski definition) is 6. The Kier molecular flexibility index (Phi) is 3.81. The molecule has 1 aromatic carbocycles. The smallest absolute Gasteiger partial charge is 0.225 e. The maximum atomic E-state index is 5.96. The lowest BCUT2D eigenvalue weighted by molar-refractivity contribution is 0.395. The number of fused-ring (bicyclic) bond motifs is 1. The van der Waals surface area contributed by atoms with Crippen molar-refractivity contribution < 1.29 is 9.47 Å². The van der Waals surface area contributed by atoms with E-state index in [1.165, 1.54) is 11.3 Å². The predicted molar refractivity (Wildman–Crippen MR) is 85.3 cm³/mol. The SMILES string of the molecule is COc1ccc(Nc2nc(Cl)nc3sccc23)c(OC)c1. The Bertz CT molecular complexity index is 791. The van der Waals surface area contributed by atoms with Crippen LogP contribution in [0.1, 0.15) is 0 Å². The lowest BCUT2D eigenvalue weighted by Gasteiger charge is -2.12. The second-order valence-electron chi connectivity index (χ2n) is 4.17. The molecule has 108 valence electrons. The van der Waals surface area contributed by atoms with Crippen LogP contribution in [-0.4, -0.2) is 24.2 Å². The lowest BCUT2D eigenvalue weighted by Crippen LogP contribution is -1.98. The number of ether oxygens (including phenoxy) is 2. The van der Waals surface area contributed by atoms with Gasteiger partial charge in [-0.25, -0.2) is 4.98 Å². The Morgan fingerprint density at radius 3 is 2.76 bits per heavy atom. The summed E-state index contributed by atoms with van der Waals surface area (Å²) >= 11 is 7.48. The minimum Gasteiger partial charge on any atom is -0.497 e. The molecule has 0 fully saturated rings. The molecule has 2 aromatic heterocycles. The van der Waals surface area contributed by atoms with Gasteiger partial charge in [0.2, 0.25) is 5.28 Å². The number of thiophene rings is 1. The summed E-state index contributed by atoms with van der Waals surface area (Å²) in [5.74, 6) is 2.03. The van der Waals surface area contributed by atoms with E-state index in [2.05, 4.69) is 15.3 Å². The molecule has 7 heteroatoms. The van der Waals surface area contributed by atoms with Gasteiger partial charge in [0.25, 0.3) is 0 Å². The van der Waals surface area contributed by atoms with Gasteiger partial charge in [0.1, 0.15) is 22.1 Å². The number of rotatable bonds is 4. The van der Waals surface area contributed by atoms with E-state index in [-0.39, 0.29) is 5.28 Å². The molecule has 0 unspecified atom stereocenters. The fourth-order valence-electron chi connectivity index (χ4n) is 1.95. The summed E-state index contributed by atoms with van der Waals surface area (Å²) in [4.78, 5) is 9.28. The van der Waals surface area contributed by atoms with Crippen LogP contribution < -0.4 is 14.8 Å². The zero-order chi connectivity index (χ0) is 14.8. The second kappa shape index (κ2) is 5.75. The van der Waals surface area contributed by atoms with Gasteiger partial charge in [-0.1, -0.05) is 0 Å². The first-order valence-corrected chi connectivity index (χ1v) is 7.37. The van der Waals surface area contributed by atoms with Crippen molar-refractivity contribution in [3.05, 3.63) is 34.9 Å². The van der Waals surface area contributed by atoms with Crippen molar-refractivity contribution >= 4 is 44.7 Å². The van der Waals surface area contributed by atoms with Crippen LogP contribution in [0.5, 0.6) is 11.5 Å². The molecule has 0 aliphatic heterocycles. The summed E-state index contributed by atoms with van der Waals surface area (Å²) in [6.07, 6.45) is 0. The second-order valence-corrected chi connectivity index (χ2v) is 5.40. The minimum atomic E-state index is 0.208. The molecule has 1 N–H and O–H groups in total. The number of aromatic nitrogens is 2. The monoisotopic (exact) mass is 321 g/mol. The van der Waals surface area contributed by atoms with Crippen molar-refractivity contribution in [1.82, 2.24) is 9.97 Å². The van der Waals surface area contributed by atoms with Crippen molar-refractivity contribution in [2.75, 3.05) is 19.5 Å². The molecule has 0 radical (unpaired) electrons. The Morgan fingerprint density at radius 2 is 2.00 bits per heavy atom. The van der Waals surface area contributed by atoms with Crippen molar-refractivity contribution in [2.45, 2.75) is 0 Å². The fraction of sp³-hybridized carbons (Fsp3) is 0.143. The van der Waals surface area contributed by atoms with Crippen LogP contribution in [0, 0.1) is 0 Å². The zero-order valence-corrected chi connectivity index (χ0v) is 13.0. The van der Waals surface area contributed by atoms with Gasteiger partial charge in [0, 0.05) is 6.07 Å². The number of nitrogens with one attached hydrogen (secondary N) is 1. The molecule has 0 bridgehead atoms. The van der Waals surface area contributed by atoms with E-state index in [1.807, 2.05) is 23.6 Å². The number of methoxy groups -OCH3 is 2. The van der Waals surface area contributed by atoms with Crippen LogP contribution >= 0.6 is 22.9 Å². The third kappa shape index (κ3) is 2.72. The predicted octanol–water partition coefficient (Wildman–Crippen LogP) is 4.11. The van der Waals surface area contributed by atoms with E-state index in [4.69, 9.17) is 21.1 Å². The normalized spacial score (nSPS) is 10.6. The summed E-state index contributed by atoms with van der Waals surface area (Å²) in [6, 6.07) is 7.47. The molecule has 0 amide bonds. The van der Waals surface area contributed by atoms with E-state index >= 15 is 0 Å². The molecule has 0 spiro atoms. The first-order valence-electron chi connectivity index (χ1n) is 6.11. The molecule has 3 aromatic rings. The third-order valence-corrected chi connectivity index (χ3v) is 3.94. The molecule has 0 aliphatic rings. The molecular weight excluding hydrogens is 310 g/mol. The largest absolute Gasteiger partial charge is 0.497 e. The molecule has 3 rings (SSSR count). The van der Waals surface area contributed by atoms with Crippen LogP contribution in [0.3, 0.4) is 0 Å². The highest BCUT2D eigenvalue weighted by molar-refractivity contribution is 7.16. The molecule has 0 aliphatic carbocycles. The van der Waals surface area contributed by atoms with E-state index in [0.717, 1.165) is 21.7 Å². The van der Waals surface area contributed by atoms with Crippen molar-refractivity contribution in [3.8, 4) is 11.5 Å². The molecule has 21 heavy (non-hydrogen) atoms. The van der Waals surface area contributed by atoms with Crippen LogP contribution in [0.2, 0.25) is 5.28 Å². The quantitative estimate of drug-likeness (QED) is 0.733. The Balaban J connectivity index is 2.04. The average Bonchev–Trinajstić information content (AvgIpc) is 2.96. The highest BCUT2D eigenvalue weighted by Crippen LogP contribution is 2.34. The average molecular weight is 322 g/mol. The van der Waals surface area contributed by atoms with Crippen molar-refractivity contribution in [1.29, 1.82) is 0 Å². The third-order valence-electron chi connectivity index (χ3n) is 2.96. The van der Waals surface area contributed by atoms with Gasteiger partial charge >= 0.3 is 0 Å². The maximum absolute atomic E-state index is 5.96.